The topological polar surface area (TPSA) is 116 Å². The lowest BCUT2D eigenvalue weighted by molar-refractivity contribution is -0.157. The Morgan fingerprint density at radius 2 is 2.25 bits per heavy atom. The molecule has 3 amide bonds. The average Bonchev–Trinajstić information content (AvgIpc) is 3.15. The molecule has 1 aromatic rings. The maximum atomic E-state index is 13.2. The number of hydrogen-bond donors (Lipinski definition) is 2. The van der Waals surface area contributed by atoms with Crippen LogP contribution in [0.15, 0.2) is 18.6 Å². The number of likely N-dealkylation sites (tertiary alicyclic amines) is 1. The van der Waals surface area contributed by atoms with Crippen molar-refractivity contribution in [2.75, 3.05) is 18.4 Å². The number of unbranched alkanes of at least 4 members (excludes halogenated alkanes) is 1. The van der Waals surface area contributed by atoms with E-state index in [1.807, 2.05) is 13.8 Å². The second kappa shape index (κ2) is 10.7. The molecule has 1 saturated heterocycles. The van der Waals surface area contributed by atoms with Gasteiger partial charge < -0.3 is 10.2 Å². The number of carbonyl (C=O) groups excluding carboxylic acids is 3. The van der Waals surface area contributed by atoms with Gasteiger partial charge in [0.1, 0.15) is 18.2 Å². The molecule has 0 aromatic carbocycles. The molecule has 1 aromatic heterocycles. The highest BCUT2D eigenvalue weighted by Crippen LogP contribution is 2.29. The molecule has 3 atom stereocenters. The lowest BCUT2D eigenvalue weighted by Crippen LogP contribution is -2.47. The van der Waals surface area contributed by atoms with Gasteiger partial charge in [-0.25, -0.2) is 15.0 Å². The summed E-state index contributed by atoms with van der Waals surface area (Å²) in [4.78, 5) is 46.3. The first-order valence-electron chi connectivity index (χ1n) is 9.78. The Morgan fingerprint density at radius 1 is 1.46 bits per heavy atom. The Morgan fingerprint density at radius 3 is 2.86 bits per heavy atom. The third-order valence-electron chi connectivity index (χ3n) is 5.17. The van der Waals surface area contributed by atoms with Gasteiger partial charge in [0.25, 0.3) is 0 Å². The van der Waals surface area contributed by atoms with E-state index in [2.05, 4.69) is 15.3 Å². The number of nitrogens with one attached hydrogen (secondary N) is 1. The minimum atomic E-state index is -0.597. The van der Waals surface area contributed by atoms with Crippen molar-refractivity contribution in [1.82, 2.24) is 19.9 Å². The third-order valence-corrected chi connectivity index (χ3v) is 5.17. The Bertz CT molecular complexity index is 657. The fraction of sp³-hybridized carbons (Fsp3) is 0.632. The molecule has 1 aliphatic heterocycles. The third kappa shape index (κ3) is 5.72. The number of amides is 3. The molecule has 2 rings (SSSR count). The van der Waals surface area contributed by atoms with E-state index in [-0.39, 0.29) is 24.3 Å². The zero-order valence-electron chi connectivity index (χ0n) is 16.5. The number of hydrogen-bond acceptors (Lipinski definition) is 6. The van der Waals surface area contributed by atoms with Crippen LogP contribution < -0.4 is 5.32 Å². The quantitative estimate of drug-likeness (QED) is 0.356. The summed E-state index contributed by atoms with van der Waals surface area (Å²) in [6.45, 7) is 4.47. The molecule has 0 radical (unpaired) electrons. The van der Waals surface area contributed by atoms with Crippen molar-refractivity contribution in [1.29, 1.82) is 0 Å². The molecule has 0 bridgehead atoms. The zero-order chi connectivity index (χ0) is 20.5. The fourth-order valence-corrected chi connectivity index (χ4v) is 3.53. The van der Waals surface area contributed by atoms with E-state index in [4.69, 9.17) is 0 Å². The lowest BCUT2D eigenvalue weighted by atomic mass is 9.99. The van der Waals surface area contributed by atoms with Crippen LogP contribution >= 0.6 is 0 Å². The Labute approximate surface area is 165 Å². The predicted octanol–water partition coefficient (Wildman–Crippen LogP) is 1.70. The molecule has 1 unspecified atom stereocenters. The van der Waals surface area contributed by atoms with E-state index in [1.165, 1.54) is 12.5 Å². The SMILES string of the molecule is CCCC[C@H](CN(O)C=O)C(=O)N1CC(CC)C[C@H]1C(=O)Nc1ccncn1. The van der Waals surface area contributed by atoms with Crippen LogP contribution in [0.2, 0.25) is 0 Å². The van der Waals surface area contributed by atoms with Gasteiger partial charge in [-0.3, -0.25) is 19.6 Å². The van der Waals surface area contributed by atoms with Crippen LogP contribution in [0, 0.1) is 11.8 Å². The van der Waals surface area contributed by atoms with E-state index < -0.39 is 12.0 Å². The molecule has 1 aliphatic rings. The minimum absolute atomic E-state index is 0.0735. The van der Waals surface area contributed by atoms with E-state index in [9.17, 15) is 19.6 Å². The van der Waals surface area contributed by atoms with Crippen molar-refractivity contribution in [2.45, 2.75) is 52.0 Å². The van der Waals surface area contributed by atoms with Crippen LogP contribution in [0.1, 0.15) is 46.0 Å². The standard InChI is InChI=1S/C19H29N5O4/c1-3-5-6-15(11-23(28)13-25)19(27)24-10-14(4-2)9-16(24)18(26)22-17-7-8-20-12-21-17/h7-8,12-16,28H,3-6,9-11H2,1-2H3,(H,20,21,22,26)/t14?,15-,16+/m1/s1. The zero-order valence-corrected chi connectivity index (χ0v) is 16.5. The van der Waals surface area contributed by atoms with Crippen molar-refractivity contribution >= 4 is 24.0 Å². The van der Waals surface area contributed by atoms with Gasteiger partial charge in [-0.05, 0) is 24.8 Å². The van der Waals surface area contributed by atoms with Gasteiger partial charge in [0, 0.05) is 12.7 Å². The van der Waals surface area contributed by atoms with E-state index in [1.54, 1.807) is 11.0 Å². The first-order chi connectivity index (χ1) is 13.5. The summed E-state index contributed by atoms with van der Waals surface area (Å²) in [6.07, 6.45) is 6.86. The summed E-state index contributed by atoms with van der Waals surface area (Å²) < 4.78 is 0. The fourth-order valence-electron chi connectivity index (χ4n) is 3.53. The summed E-state index contributed by atoms with van der Waals surface area (Å²) >= 11 is 0. The molecular formula is C19H29N5O4. The van der Waals surface area contributed by atoms with Crippen LogP contribution in [-0.4, -0.2) is 62.5 Å². The molecule has 28 heavy (non-hydrogen) atoms. The van der Waals surface area contributed by atoms with Crippen LogP contribution in [0.4, 0.5) is 5.82 Å². The van der Waals surface area contributed by atoms with Gasteiger partial charge in [-0.15, -0.1) is 0 Å². The van der Waals surface area contributed by atoms with Crippen molar-refractivity contribution < 1.29 is 19.6 Å². The minimum Gasteiger partial charge on any atom is -0.330 e. The summed E-state index contributed by atoms with van der Waals surface area (Å²) in [5.74, 6) is -0.410. The normalized spacial score (nSPS) is 19.9. The van der Waals surface area contributed by atoms with Crippen molar-refractivity contribution in [2.24, 2.45) is 11.8 Å². The van der Waals surface area contributed by atoms with E-state index in [0.29, 0.717) is 36.7 Å². The first kappa shape index (κ1) is 21.7. The number of anilines is 1. The van der Waals surface area contributed by atoms with Gasteiger partial charge in [0.15, 0.2) is 0 Å². The Hall–Kier alpha value is -2.55. The molecular weight excluding hydrogens is 362 g/mol. The van der Waals surface area contributed by atoms with Crippen molar-refractivity contribution in [3.05, 3.63) is 18.6 Å². The largest absolute Gasteiger partial charge is 0.330 e. The molecule has 0 saturated carbocycles. The molecule has 0 spiro atoms. The molecule has 9 heteroatoms. The van der Waals surface area contributed by atoms with E-state index >= 15 is 0 Å². The molecule has 0 aliphatic carbocycles. The molecule has 9 nitrogen and oxygen atoms in total. The smallest absolute Gasteiger partial charge is 0.248 e. The van der Waals surface area contributed by atoms with Crippen LogP contribution in [0.5, 0.6) is 0 Å². The molecule has 2 heterocycles. The highest BCUT2D eigenvalue weighted by atomic mass is 16.5. The second-order valence-electron chi connectivity index (χ2n) is 7.17. The number of aromatic nitrogens is 2. The van der Waals surface area contributed by atoms with Crippen LogP contribution in [-0.2, 0) is 14.4 Å². The number of nitrogens with zero attached hydrogens (tertiary/aromatic N) is 4. The second-order valence-corrected chi connectivity index (χ2v) is 7.17. The van der Waals surface area contributed by atoms with Gasteiger partial charge in [-0.2, -0.15) is 0 Å². The van der Waals surface area contributed by atoms with Gasteiger partial charge in [0.2, 0.25) is 18.2 Å². The Balaban J connectivity index is 2.15. The average molecular weight is 391 g/mol. The van der Waals surface area contributed by atoms with Crippen molar-refractivity contribution in [3.63, 3.8) is 0 Å². The highest BCUT2D eigenvalue weighted by molar-refractivity contribution is 5.97. The maximum absolute atomic E-state index is 13.2. The summed E-state index contributed by atoms with van der Waals surface area (Å²) in [7, 11) is 0. The lowest BCUT2D eigenvalue weighted by Gasteiger charge is -2.29. The van der Waals surface area contributed by atoms with E-state index in [0.717, 1.165) is 19.3 Å². The van der Waals surface area contributed by atoms with Gasteiger partial charge in [-0.1, -0.05) is 33.1 Å². The van der Waals surface area contributed by atoms with Crippen molar-refractivity contribution in [3.8, 4) is 0 Å². The Kier molecular flexibility index (Phi) is 8.31. The predicted molar refractivity (Wildman–Crippen MR) is 102 cm³/mol. The number of carbonyl (C=O) groups is 3. The van der Waals surface area contributed by atoms with Gasteiger partial charge in [0.05, 0.1) is 12.5 Å². The van der Waals surface area contributed by atoms with Crippen LogP contribution in [0.3, 0.4) is 0 Å². The molecule has 2 N–H and O–H groups in total. The summed E-state index contributed by atoms with van der Waals surface area (Å²) in [6, 6.07) is 0.994. The summed E-state index contributed by atoms with van der Waals surface area (Å²) in [5, 5.41) is 12.8. The number of hydroxylamine groups is 2. The first-order valence-corrected chi connectivity index (χ1v) is 9.78. The highest BCUT2D eigenvalue weighted by Gasteiger charge is 2.41. The molecule has 1 fully saturated rings. The maximum Gasteiger partial charge on any atom is 0.248 e. The molecule has 154 valence electrons. The summed E-state index contributed by atoms with van der Waals surface area (Å²) in [5.41, 5.74) is 0. The van der Waals surface area contributed by atoms with Crippen LogP contribution in [0.25, 0.3) is 0 Å². The van der Waals surface area contributed by atoms with Gasteiger partial charge >= 0.3 is 0 Å². The number of rotatable bonds is 10. The monoisotopic (exact) mass is 391 g/mol.